The van der Waals surface area contributed by atoms with Gasteiger partial charge in [0.2, 0.25) is 5.88 Å². The lowest BCUT2D eigenvalue weighted by atomic mass is 10.3. The number of rotatable bonds is 4. The molecule has 82 valence electrons. The molecule has 0 spiro atoms. The first-order chi connectivity index (χ1) is 7.84. The van der Waals surface area contributed by atoms with Crippen molar-refractivity contribution in [3.8, 4) is 11.6 Å². The third kappa shape index (κ3) is 2.91. The molecule has 2 aromatic rings. The van der Waals surface area contributed by atoms with Crippen molar-refractivity contribution >= 4 is 0 Å². The number of hydrogen-bond acceptors (Lipinski definition) is 5. The van der Waals surface area contributed by atoms with Gasteiger partial charge in [-0.1, -0.05) is 0 Å². The third-order valence-corrected chi connectivity index (χ3v) is 1.95. The van der Waals surface area contributed by atoms with Gasteiger partial charge in [0.05, 0.1) is 18.5 Å². The van der Waals surface area contributed by atoms with E-state index in [1.807, 2.05) is 0 Å². The molecule has 0 fully saturated rings. The van der Waals surface area contributed by atoms with Crippen LogP contribution in [0.25, 0.3) is 0 Å². The van der Waals surface area contributed by atoms with E-state index in [1.54, 1.807) is 24.7 Å². The summed E-state index contributed by atoms with van der Waals surface area (Å²) >= 11 is 0. The zero-order valence-corrected chi connectivity index (χ0v) is 8.58. The maximum Gasteiger partial charge on any atom is 0.213 e. The second-order valence-corrected chi connectivity index (χ2v) is 3.15. The van der Waals surface area contributed by atoms with Gasteiger partial charge in [0.25, 0.3) is 0 Å². The second-order valence-electron chi connectivity index (χ2n) is 3.15. The molecule has 0 aliphatic rings. The molecule has 0 aromatic carbocycles. The van der Waals surface area contributed by atoms with Crippen LogP contribution >= 0.6 is 0 Å². The zero-order valence-electron chi connectivity index (χ0n) is 8.58. The monoisotopic (exact) mass is 217 g/mol. The van der Waals surface area contributed by atoms with Crippen LogP contribution in [-0.2, 0) is 6.42 Å². The Kier molecular flexibility index (Phi) is 3.28. The highest BCUT2D eigenvalue weighted by Gasteiger charge is 1.97. The molecule has 0 atom stereocenters. The van der Waals surface area contributed by atoms with E-state index in [0.717, 1.165) is 5.69 Å². The van der Waals surface area contributed by atoms with Gasteiger partial charge in [-0.25, -0.2) is 4.98 Å². The molecule has 1 N–H and O–H groups in total. The molecule has 0 bridgehead atoms. The Morgan fingerprint density at radius 1 is 1.12 bits per heavy atom. The molecule has 0 aliphatic heterocycles. The van der Waals surface area contributed by atoms with E-state index >= 15 is 0 Å². The first kappa shape index (κ1) is 10.4. The summed E-state index contributed by atoms with van der Waals surface area (Å²) in [6.45, 7) is 0.483. The molecule has 0 unspecified atom stereocenters. The number of hydrogen-bond donors (Lipinski definition) is 1. The van der Waals surface area contributed by atoms with Crippen molar-refractivity contribution in [2.45, 2.75) is 6.42 Å². The van der Waals surface area contributed by atoms with Crippen molar-refractivity contribution < 1.29 is 9.84 Å². The van der Waals surface area contributed by atoms with Crippen LogP contribution < -0.4 is 4.74 Å². The van der Waals surface area contributed by atoms with Crippen LogP contribution in [0.2, 0.25) is 0 Å². The minimum Gasteiger partial charge on any atom is -0.506 e. The minimum absolute atomic E-state index is 0.126. The van der Waals surface area contributed by atoms with E-state index in [4.69, 9.17) is 9.84 Å². The lowest BCUT2D eigenvalue weighted by molar-refractivity contribution is 0.307. The average Bonchev–Trinajstić information content (AvgIpc) is 2.33. The Morgan fingerprint density at radius 2 is 2.06 bits per heavy atom. The Bertz CT molecular complexity index is 431. The highest BCUT2D eigenvalue weighted by Crippen LogP contribution is 2.11. The molecule has 2 heterocycles. The fourth-order valence-electron chi connectivity index (χ4n) is 1.18. The van der Waals surface area contributed by atoms with Gasteiger partial charge in [-0.05, 0) is 6.07 Å². The van der Waals surface area contributed by atoms with Gasteiger partial charge in [0.1, 0.15) is 5.75 Å². The molecule has 0 radical (unpaired) electrons. The van der Waals surface area contributed by atoms with Gasteiger partial charge in [-0.15, -0.1) is 0 Å². The number of nitrogens with zero attached hydrogens (tertiary/aromatic N) is 3. The number of pyridine rings is 1. The normalized spacial score (nSPS) is 10.0. The van der Waals surface area contributed by atoms with Crippen molar-refractivity contribution in [1.82, 2.24) is 15.0 Å². The Morgan fingerprint density at radius 3 is 2.75 bits per heavy atom. The Labute approximate surface area is 92.8 Å². The zero-order chi connectivity index (χ0) is 11.2. The largest absolute Gasteiger partial charge is 0.506 e. The number of aromatic hydroxyl groups is 1. The molecule has 5 nitrogen and oxygen atoms in total. The van der Waals surface area contributed by atoms with Crippen molar-refractivity contribution in [1.29, 1.82) is 0 Å². The summed E-state index contributed by atoms with van der Waals surface area (Å²) in [5, 5.41) is 9.02. The summed E-state index contributed by atoms with van der Waals surface area (Å²) in [5.41, 5.74) is 0.876. The Hall–Kier alpha value is -2.17. The maximum absolute atomic E-state index is 9.02. The molecule has 2 aromatic heterocycles. The van der Waals surface area contributed by atoms with E-state index in [1.165, 1.54) is 12.3 Å². The third-order valence-electron chi connectivity index (χ3n) is 1.95. The van der Waals surface area contributed by atoms with E-state index in [2.05, 4.69) is 15.0 Å². The van der Waals surface area contributed by atoms with Crippen molar-refractivity contribution in [2.75, 3.05) is 6.61 Å². The summed E-state index contributed by atoms with van der Waals surface area (Å²) in [6.07, 6.45) is 7.00. The highest BCUT2D eigenvalue weighted by molar-refractivity contribution is 5.21. The summed E-state index contributed by atoms with van der Waals surface area (Å²) in [7, 11) is 0. The van der Waals surface area contributed by atoms with Crippen LogP contribution in [0.15, 0.2) is 36.9 Å². The van der Waals surface area contributed by atoms with Crippen LogP contribution in [0.3, 0.4) is 0 Å². The van der Waals surface area contributed by atoms with E-state index in [0.29, 0.717) is 18.9 Å². The first-order valence-corrected chi connectivity index (χ1v) is 4.87. The maximum atomic E-state index is 9.02. The van der Waals surface area contributed by atoms with Gasteiger partial charge in [-0.3, -0.25) is 9.97 Å². The quantitative estimate of drug-likeness (QED) is 0.833. The predicted octanol–water partition coefficient (Wildman–Crippen LogP) is 1.20. The molecule has 0 saturated heterocycles. The van der Waals surface area contributed by atoms with E-state index in [9.17, 15) is 0 Å². The fraction of sp³-hybridized carbons (Fsp3) is 0.182. The summed E-state index contributed by atoms with van der Waals surface area (Å²) in [5.74, 6) is 0.614. The summed E-state index contributed by atoms with van der Waals surface area (Å²) < 4.78 is 5.37. The highest BCUT2D eigenvalue weighted by atomic mass is 16.5. The molecular weight excluding hydrogens is 206 g/mol. The summed E-state index contributed by atoms with van der Waals surface area (Å²) in [4.78, 5) is 12.0. The minimum atomic E-state index is 0.126. The standard InChI is InChI=1S/C11H11N3O2/c15-10-1-2-11(14-8-10)16-6-3-9-7-12-4-5-13-9/h1-2,4-5,7-8,15H,3,6H2. The van der Waals surface area contributed by atoms with Crippen LogP contribution in [-0.4, -0.2) is 26.7 Å². The van der Waals surface area contributed by atoms with Crippen molar-refractivity contribution in [3.05, 3.63) is 42.6 Å². The average molecular weight is 217 g/mol. The smallest absolute Gasteiger partial charge is 0.213 e. The molecule has 5 heteroatoms. The SMILES string of the molecule is Oc1ccc(OCCc2cnccn2)nc1. The van der Waals surface area contributed by atoms with Crippen LogP contribution in [0.1, 0.15) is 5.69 Å². The lowest BCUT2D eigenvalue weighted by Gasteiger charge is -2.04. The Balaban J connectivity index is 1.82. The van der Waals surface area contributed by atoms with Gasteiger partial charge >= 0.3 is 0 Å². The van der Waals surface area contributed by atoms with E-state index in [-0.39, 0.29) is 5.75 Å². The predicted molar refractivity (Wildman–Crippen MR) is 57.1 cm³/mol. The van der Waals surface area contributed by atoms with Crippen LogP contribution in [0, 0.1) is 0 Å². The number of aromatic nitrogens is 3. The lowest BCUT2D eigenvalue weighted by Crippen LogP contribution is -2.03. The fourth-order valence-corrected chi connectivity index (χ4v) is 1.18. The van der Waals surface area contributed by atoms with Crippen LogP contribution in [0.5, 0.6) is 11.6 Å². The topological polar surface area (TPSA) is 68.1 Å². The molecule has 16 heavy (non-hydrogen) atoms. The van der Waals surface area contributed by atoms with Gasteiger partial charge in [-0.2, -0.15) is 0 Å². The molecular formula is C11H11N3O2. The van der Waals surface area contributed by atoms with Gasteiger partial charge in [0.15, 0.2) is 0 Å². The molecule has 0 amide bonds. The van der Waals surface area contributed by atoms with Crippen LogP contribution in [0.4, 0.5) is 0 Å². The molecule has 0 saturated carbocycles. The summed E-state index contributed by atoms with van der Waals surface area (Å²) in [6, 6.07) is 3.15. The van der Waals surface area contributed by atoms with Crippen molar-refractivity contribution in [3.63, 3.8) is 0 Å². The van der Waals surface area contributed by atoms with E-state index < -0.39 is 0 Å². The molecule has 0 aliphatic carbocycles. The molecule has 2 rings (SSSR count). The van der Waals surface area contributed by atoms with Gasteiger partial charge in [0, 0.05) is 31.1 Å². The number of ether oxygens (including phenoxy) is 1. The second kappa shape index (κ2) is 5.06. The van der Waals surface area contributed by atoms with Gasteiger partial charge < -0.3 is 9.84 Å². The van der Waals surface area contributed by atoms with Crippen molar-refractivity contribution in [2.24, 2.45) is 0 Å². The first-order valence-electron chi connectivity index (χ1n) is 4.87.